The molecule has 130 valence electrons. The number of amides is 3. The molecule has 9 heteroatoms. The van der Waals surface area contributed by atoms with Crippen LogP contribution < -0.4 is 16.0 Å². The normalized spacial score (nSPS) is 17.1. The number of hydrogen-bond donors (Lipinski definition) is 3. The Balaban J connectivity index is 2.02. The van der Waals surface area contributed by atoms with Crippen LogP contribution in [0.2, 0.25) is 5.02 Å². The molecule has 1 aliphatic rings. The number of aryl methyl sites for hydroxylation is 1. The molecule has 0 spiro atoms. The van der Waals surface area contributed by atoms with Gasteiger partial charge in [-0.25, -0.2) is 9.18 Å². The minimum atomic E-state index is -1.05. The van der Waals surface area contributed by atoms with Crippen molar-refractivity contribution >= 4 is 29.4 Å². The van der Waals surface area contributed by atoms with E-state index >= 15 is 0 Å². The number of anilines is 1. The molecule has 0 radical (unpaired) electrons. The first-order valence-electron chi connectivity index (χ1n) is 7.33. The monoisotopic (exact) mass is 364 g/mol. The molecule has 2 aromatic rings. The smallest absolute Gasteiger partial charge is 0.319 e. The summed E-state index contributed by atoms with van der Waals surface area (Å²) in [5, 5.41) is 11.4. The van der Waals surface area contributed by atoms with Crippen molar-refractivity contribution in [3.63, 3.8) is 0 Å². The molecular formula is C16H14ClFN4O3. The van der Waals surface area contributed by atoms with Crippen LogP contribution in [0.15, 0.2) is 40.1 Å². The van der Waals surface area contributed by atoms with E-state index in [1.165, 1.54) is 24.3 Å². The minimum absolute atomic E-state index is 0.0138. The van der Waals surface area contributed by atoms with Gasteiger partial charge in [-0.15, -0.1) is 0 Å². The lowest BCUT2D eigenvalue weighted by atomic mass is 9.94. The van der Waals surface area contributed by atoms with Gasteiger partial charge in [-0.1, -0.05) is 22.8 Å². The van der Waals surface area contributed by atoms with Crippen LogP contribution in [0.4, 0.5) is 15.0 Å². The van der Waals surface area contributed by atoms with Crippen LogP contribution in [-0.2, 0) is 4.79 Å². The molecule has 0 aliphatic carbocycles. The second kappa shape index (κ2) is 6.56. The van der Waals surface area contributed by atoms with E-state index in [-0.39, 0.29) is 27.7 Å². The van der Waals surface area contributed by atoms with Gasteiger partial charge in [0.05, 0.1) is 11.6 Å². The molecule has 3 amide bonds. The molecule has 3 rings (SSSR count). The van der Waals surface area contributed by atoms with Gasteiger partial charge < -0.3 is 20.5 Å². The summed E-state index contributed by atoms with van der Waals surface area (Å²) >= 11 is 6.10. The largest absolute Gasteiger partial charge is 0.360 e. The average Bonchev–Trinajstić information content (AvgIpc) is 2.91. The van der Waals surface area contributed by atoms with E-state index in [0.29, 0.717) is 5.76 Å². The standard InChI is InChI=1S/C16H14ClFN4O3/c1-7-6-11(22-25-7)20-15(23)12-8(2)19-16(24)21-14(12)13-9(17)4-3-5-10(13)18/h3-6,14H,1-2H3,(H2,19,21,24)(H,20,22,23). The highest BCUT2D eigenvalue weighted by atomic mass is 35.5. The Hall–Kier alpha value is -2.87. The van der Waals surface area contributed by atoms with Crippen LogP contribution in [0.25, 0.3) is 0 Å². The Morgan fingerprint density at radius 3 is 2.80 bits per heavy atom. The zero-order valence-electron chi connectivity index (χ0n) is 13.3. The van der Waals surface area contributed by atoms with Crippen LogP contribution in [0, 0.1) is 12.7 Å². The SMILES string of the molecule is CC1=C(C(=O)Nc2cc(C)on2)C(c2c(F)cccc2Cl)NC(=O)N1. The Labute approximate surface area is 147 Å². The predicted molar refractivity (Wildman–Crippen MR) is 88.4 cm³/mol. The molecule has 1 aromatic carbocycles. The molecule has 1 unspecified atom stereocenters. The molecule has 25 heavy (non-hydrogen) atoms. The van der Waals surface area contributed by atoms with E-state index in [1.54, 1.807) is 13.8 Å². The zero-order chi connectivity index (χ0) is 18.1. The Bertz CT molecular complexity index is 873. The van der Waals surface area contributed by atoms with Gasteiger partial charge in [0.2, 0.25) is 0 Å². The molecule has 0 bridgehead atoms. The second-order valence-electron chi connectivity index (χ2n) is 5.48. The fraction of sp³-hybridized carbons (Fsp3) is 0.188. The molecule has 0 fully saturated rings. The van der Waals surface area contributed by atoms with E-state index in [0.717, 1.165) is 0 Å². The lowest BCUT2D eigenvalue weighted by Gasteiger charge is -2.29. The molecule has 1 atom stereocenters. The number of halogens is 2. The Kier molecular flexibility index (Phi) is 4.45. The number of carbonyl (C=O) groups excluding carboxylic acids is 2. The second-order valence-corrected chi connectivity index (χ2v) is 5.89. The van der Waals surface area contributed by atoms with Crippen LogP contribution in [0.1, 0.15) is 24.3 Å². The van der Waals surface area contributed by atoms with Gasteiger partial charge in [0.15, 0.2) is 5.82 Å². The van der Waals surface area contributed by atoms with Gasteiger partial charge in [0.1, 0.15) is 11.6 Å². The quantitative estimate of drug-likeness (QED) is 0.779. The fourth-order valence-electron chi connectivity index (χ4n) is 2.61. The summed E-state index contributed by atoms with van der Waals surface area (Å²) in [5.41, 5.74) is 0.415. The van der Waals surface area contributed by atoms with E-state index in [1.807, 2.05) is 0 Å². The first-order chi connectivity index (χ1) is 11.9. The van der Waals surface area contributed by atoms with Crippen LogP contribution in [-0.4, -0.2) is 17.1 Å². The van der Waals surface area contributed by atoms with Crippen molar-refractivity contribution < 1.29 is 18.5 Å². The summed E-state index contributed by atoms with van der Waals surface area (Å²) in [4.78, 5) is 24.5. The highest BCUT2D eigenvalue weighted by Gasteiger charge is 2.34. The summed E-state index contributed by atoms with van der Waals surface area (Å²) in [5.74, 6) is -0.472. The van der Waals surface area contributed by atoms with Crippen molar-refractivity contribution in [3.05, 3.63) is 57.7 Å². The van der Waals surface area contributed by atoms with Crippen molar-refractivity contribution in [2.45, 2.75) is 19.9 Å². The maximum atomic E-state index is 14.3. The number of allylic oxidation sites excluding steroid dienone is 1. The lowest BCUT2D eigenvalue weighted by Crippen LogP contribution is -2.46. The lowest BCUT2D eigenvalue weighted by molar-refractivity contribution is -0.113. The molecule has 0 saturated heterocycles. The predicted octanol–water partition coefficient (Wildman–Crippen LogP) is 3.04. The first kappa shape index (κ1) is 17.0. The van der Waals surface area contributed by atoms with E-state index in [4.69, 9.17) is 16.1 Å². The first-order valence-corrected chi connectivity index (χ1v) is 7.71. The van der Waals surface area contributed by atoms with Gasteiger partial charge in [-0.3, -0.25) is 4.79 Å². The van der Waals surface area contributed by atoms with Crippen molar-refractivity contribution in [2.24, 2.45) is 0 Å². The van der Waals surface area contributed by atoms with Crippen molar-refractivity contribution in [1.29, 1.82) is 0 Å². The molecule has 7 nitrogen and oxygen atoms in total. The van der Waals surface area contributed by atoms with Gasteiger partial charge in [0.25, 0.3) is 5.91 Å². The highest BCUT2D eigenvalue weighted by Crippen LogP contribution is 2.33. The van der Waals surface area contributed by atoms with E-state index < -0.39 is 23.8 Å². The number of benzene rings is 1. The maximum Gasteiger partial charge on any atom is 0.319 e. The number of nitrogens with zero attached hydrogens (tertiary/aromatic N) is 1. The van der Waals surface area contributed by atoms with Crippen LogP contribution in [0.3, 0.4) is 0 Å². The van der Waals surface area contributed by atoms with Crippen LogP contribution in [0.5, 0.6) is 0 Å². The fourth-order valence-corrected chi connectivity index (χ4v) is 2.88. The van der Waals surface area contributed by atoms with Gasteiger partial charge in [0, 0.05) is 22.3 Å². The zero-order valence-corrected chi connectivity index (χ0v) is 14.1. The number of aromatic nitrogens is 1. The third-order valence-electron chi connectivity index (χ3n) is 3.67. The topological polar surface area (TPSA) is 96.3 Å². The summed E-state index contributed by atoms with van der Waals surface area (Å²) in [7, 11) is 0. The molecule has 1 aliphatic heterocycles. The molecule has 2 heterocycles. The van der Waals surface area contributed by atoms with E-state index in [2.05, 4.69) is 21.1 Å². The number of hydrogen-bond acceptors (Lipinski definition) is 4. The number of rotatable bonds is 3. The van der Waals surface area contributed by atoms with Crippen LogP contribution >= 0.6 is 11.6 Å². The number of urea groups is 1. The van der Waals surface area contributed by atoms with Crippen molar-refractivity contribution in [2.75, 3.05) is 5.32 Å². The molecular weight excluding hydrogens is 351 g/mol. The number of nitrogens with one attached hydrogen (secondary N) is 3. The maximum absolute atomic E-state index is 14.3. The number of carbonyl (C=O) groups is 2. The Morgan fingerprint density at radius 2 is 2.16 bits per heavy atom. The third-order valence-corrected chi connectivity index (χ3v) is 4.00. The minimum Gasteiger partial charge on any atom is -0.360 e. The molecule has 3 N–H and O–H groups in total. The summed E-state index contributed by atoms with van der Waals surface area (Å²) in [6.07, 6.45) is 0. The van der Waals surface area contributed by atoms with Gasteiger partial charge in [-0.05, 0) is 26.0 Å². The van der Waals surface area contributed by atoms with Gasteiger partial charge >= 0.3 is 6.03 Å². The summed E-state index contributed by atoms with van der Waals surface area (Å²) < 4.78 is 19.2. The highest BCUT2D eigenvalue weighted by molar-refractivity contribution is 6.31. The van der Waals surface area contributed by atoms with Gasteiger partial charge in [-0.2, -0.15) is 0 Å². The van der Waals surface area contributed by atoms with Crippen molar-refractivity contribution in [1.82, 2.24) is 15.8 Å². The third kappa shape index (κ3) is 3.34. The van der Waals surface area contributed by atoms with E-state index in [9.17, 15) is 14.0 Å². The Morgan fingerprint density at radius 1 is 1.40 bits per heavy atom. The molecule has 1 aromatic heterocycles. The average molecular weight is 365 g/mol. The molecule has 0 saturated carbocycles. The summed E-state index contributed by atoms with van der Waals surface area (Å²) in [6, 6.07) is 4.07. The summed E-state index contributed by atoms with van der Waals surface area (Å²) in [6.45, 7) is 3.22. The van der Waals surface area contributed by atoms with Crippen molar-refractivity contribution in [3.8, 4) is 0 Å².